The molecule has 0 spiro atoms. The van der Waals surface area contributed by atoms with Gasteiger partial charge in [-0.15, -0.1) is 5.10 Å². The molecule has 1 aromatic heterocycles. The number of nitrogens with one attached hydrogen (secondary N) is 2. The van der Waals surface area contributed by atoms with E-state index in [9.17, 15) is 4.79 Å². The molecule has 1 aliphatic heterocycles. The Labute approximate surface area is 149 Å². The fourth-order valence-corrected chi connectivity index (χ4v) is 3.40. The van der Waals surface area contributed by atoms with E-state index in [2.05, 4.69) is 59.1 Å². The third-order valence-electron chi connectivity index (χ3n) is 4.99. The number of nitrogens with zero attached hydrogens (tertiary/aromatic N) is 3. The first-order chi connectivity index (χ1) is 12.1. The van der Waals surface area contributed by atoms with Crippen molar-refractivity contribution in [2.45, 2.75) is 52.1 Å². The van der Waals surface area contributed by atoms with Crippen LogP contribution in [0, 0.1) is 13.8 Å². The van der Waals surface area contributed by atoms with E-state index in [1.54, 1.807) is 0 Å². The number of hydrogen-bond acceptors (Lipinski definition) is 4. The maximum atomic E-state index is 12.7. The van der Waals surface area contributed by atoms with Crippen LogP contribution in [0.25, 0.3) is 0 Å². The second-order valence-electron chi connectivity index (χ2n) is 6.79. The van der Waals surface area contributed by atoms with Crippen LogP contribution in [0.1, 0.15) is 65.6 Å². The van der Waals surface area contributed by atoms with Crippen LogP contribution in [0.15, 0.2) is 24.3 Å². The van der Waals surface area contributed by atoms with E-state index in [1.807, 2.05) is 11.6 Å². The Bertz CT molecular complexity index is 716. The highest BCUT2D eigenvalue weighted by molar-refractivity contribution is 5.93. The van der Waals surface area contributed by atoms with Gasteiger partial charge >= 0.3 is 0 Å². The summed E-state index contributed by atoms with van der Waals surface area (Å²) < 4.78 is 1.92. The van der Waals surface area contributed by atoms with Crippen LogP contribution in [-0.2, 0) is 0 Å². The van der Waals surface area contributed by atoms with Gasteiger partial charge in [0.25, 0.3) is 5.91 Å². The lowest BCUT2D eigenvalue weighted by atomic mass is 10.0. The van der Waals surface area contributed by atoms with Gasteiger partial charge in [0.1, 0.15) is 0 Å². The number of carbonyl (C=O) groups excluding carboxylic acids is 1. The summed E-state index contributed by atoms with van der Waals surface area (Å²) in [6, 6.07) is 8.60. The van der Waals surface area contributed by atoms with Gasteiger partial charge in [-0.2, -0.15) is 0 Å². The zero-order valence-electron chi connectivity index (χ0n) is 15.2. The maximum Gasteiger partial charge on any atom is 0.274 e. The molecule has 2 aromatic rings. The number of aryl methyl sites for hydroxylation is 1. The first-order valence-corrected chi connectivity index (χ1v) is 9.10. The van der Waals surface area contributed by atoms with Crippen LogP contribution in [0.4, 0.5) is 0 Å². The molecule has 6 heteroatoms. The lowest BCUT2D eigenvalue weighted by molar-refractivity contribution is 0.0929. The highest BCUT2D eigenvalue weighted by atomic mass is 16.2. The number of carbonyl (C=O) groups is 1. The summed E-state index contributed by atoms with van der Waals surface area (Å²) in [5.74, 6) is -0.148. The standard InChI is InChI=1S/C19H27N5O/c1-4-17(15-7-5-13(2)6-8-15)21-19(25)18-14(3)24(23-22-18)16-9-11-20-12-10-16/h5-8,16-17,20H,4,9-12H2,1-3H3,(H,21,25). The zero-order chi connectivity index (χ0) is 17.8. The average Bonchev–Trinajstić information content (AvgIpc) is 3.02. The number of rotatable bonds is 5. The molecular formula is C19H27N5O. The summed E-state index contributed by atoms with van der Waals surface area (Å²) in [4.78, 5) is 12.7. The van der Waals surface area contributed by atoms with E-state index in [-0.39, 0.29) is 11.9 Å². The Balaban J connectivity index is 1.74. The van der Waals surface area contributed by atoms with E-state index < -0.39 is 0 Å². The van der Waals surface area contributed by atoms with Gasteiger partial charge in [0.15, 0.2) is 5.69 Å². The maximum absolute atomic E-state index is 12.7. The van der Waals surface area contributed by atoms with Crippen molar-refractivity contribution in [2.24, 2.45) is 0 Å². The fraction of sp³-hybridized carbons (Fsp3) is 0.526. The number of piperidine rings is 1. The molecule has 3 rings (SSSR count). The van der Waals surface area contributed by atoms with Gasteiger partial charge in [0.2, 0.25) is 0 Å². The highest BCUT2D eigenvalue weighted by Gasteiger charge is 2.24. The van der Waals surface area contributed by atoms with Crippen molar-refractivity contribution >= 4 is 5.91 Å². The monoisotopic (exact) mass is 341 g/mol. The van der Waals surface area contributed by atoms with Gasteiger partial charge < -0.3 is 10.6 Å². The molecule has 0 bridgehead atoms. The summed E-state index contributed by atoms with van der Waals surface area (Å²) >= 11 is 0. The first-order valence-electron chi connectivity index (χ1n) is 9.10. The second-order valence-corrected chi connectivity index (χ2v) is 6.79. The van der Waals surface area contributed by atoms with Crippen molar-refractivity contribution in [3.05, 3.63) is 46.8 Å². The summed E-state index contributed by atoms with van der Waals surface area (Å²) in [6.45, 7) is 8.03. The molecule has 0 radical (unpaired) electrons. The van der Waals surface area contributed by atoms with Gasteiger partial charge in [-0.05, 0) is 51.8 Å². The average molecular weight is 341 g/mol. The molecular weight excluding hydrogens is 314 g/mol. The normalized spacial score (nSPS) is 16.6. The largest absolute Gasteiger partial charge is 0.344 e. The Morgan fingerprint density at radius 1 is 1.28 bits per heavy atom. The number of benzene rings is 1. The van der Waals surface area contributed by atoms with Crippen LogP contribution in [0.3, 0.4) is 0 Å². The number of aromatic nitrogens is 3. The molecule has 0 aliphatic carbocycles. The van der Waals surface area contributed by atoms with E-state index >= 15 is 0 Å². The van der Waals surface area contributed by atoms with E-state index in [4.69, 9.17) is 0 Å². The van der Waals surface area contributed by atoms with Crippen LogP contribution >= 0.6 is 0 Å². The first kappa shape index (κ1) is 17.6. The third kappa shape index (κ3) is 3.90. The van der Waals surface area contributed by atoms with Gasteiger partial charge in [0.05, 0.1) is 17.8 Å². The molecule has 1 unspecified atom stereocenters. The molecule has 1 fully saturated rings. The van der Waals surface area contributed by atoms with Crippen molar-refractivity contribution in [2.75, 3.05) is 13.1 Å². The molecule has 2 N–H and O–H groups in total. The molecule has 2 heterocycles. The molecule has 134 valence electrons. The molecule has 6 nitrogen and oxygen atoms in total. The van der Waals surface area contributed by atoms with E-state index in [0.29, 0.717) is 11.7 Å². The van der Waals surface area contributed by atoms with E-state index in [1.165, 1.54) is 5.56 Å². The Morgan fingerprint density at radius 2 is 1.96 bits per heavy atom. The predicted octanol–water partition coefficient (Wildman–Crippen LogP) is 2.70. The molecule has 1 aliphatic rings. The van der Waals surface area contributed by atoms with Gasteiger partial charge in [0, 0.05) is 0 Å². The molecule has 25 heavy (non-hydrogen) atoms. The van der Waals surface area contributed by atoms with Crippen molar-refractivity contribution in [3.8, 4) is 0 Å². The molecule has 1 aromatic carbocycles. The highest BCUT2D eigenvalue weighted by Crippen LogP contribution is 2.22. The van der Waals surface area contributed by atoms with Crippen molar-refractivity contribution in [1.82, 2.24) is 25.6 Å². The third-order valence-corrected chi connectivity index (χ3v) is 4.99. The quantitative estimate of drug-likeness (QED) is 0.877. The molecule has 1 saturated heterocycles. The lowest BCUT2D eigenvalue weighted by Crippen LogP contribution is -2.31. The summed E-state index contributed by atoms with van der Waals surface area (Å²) in [6.07, 6.45) is 2.87. The topological polar surface area (TPSA) is 71.8 Å². The minimum atomic E-state index is -0.148. The van der Waals surface area contributed by atoms with Gasteiger partial charge in [-0.1, -0.05) is 42.0 Å². The zero-order valence-corrected chi connectivity index (χ0v) is 15.2. The smallest absolute Gasteiger partial charge is 0.274 e. The Morgan fingerprint density at radius 3 is 2.60 bits per heavy atom. The minimum absolute atomic E-state index is 0.0171. The van der Waals surface area contributed by atoms with Gasteiger partial charge in [-0.3, -0.25) is 4.79 Å². The Hall–Kier alpha value is -2.21. The van der Waals surface area contributed by atoms with Crippen molar-refractivity contribution in [3.63, 3.8) is 0 Å². The number of amides is 1. The molecule has 0 saturated carbocycles. The SMILES string of the molecule is CCC(NC(=O)c1nnn(C2CCNCC2)c1C)c1ccc(C)cc1. The van der Waals surface area contributed by atoms with Crippen LogP contribution in [0.5, 0.6) is 0 Å². The van der Waals surface area contributed by atoms with Gasteiger partial charge in [-0.25, -0.2) is 4.68 Å². The summed E-state index contributed by atoms with van der Waals surface area (Å²) in [5, 5.41) is 14.9. The van der Waals surface area contributed by atoms with Crippen LogP contribution < -0.4 is 10.6 Å². The second kappa shape index (κ2) is 7.78. The summed E-state index contributed by atoms with van der Waals surface area (Å²) in [5.41, 5.74) is 3.61. The van der Waals surface area contributed by atoms with E-state index in [0.717, 1.165) is 43.6 Å². The van der Waals surface area contributed by atoms with Crippen molar-refractivity contribution in [1.29, 1.82) is 0 Å². The van der Waals surface area contributed by atoms with Crippen LogP contribution in [0.2, 0.25) is 0 Å². The lowest BCUT2D eigenvalue weighted by Gasteiger charge is -2.23. The van der Waals surface area contributed by atoms with Crippen LogP contribution in [-0.4, -0.2) is 34.0 Å². The Kier molecular flexibility index (Phi) is 5.48. The molecule has 1 amide bonds. The summed E-state index contributed by atoms with van der Waals surface area (Å²) in [7, 11) is 0. The molecule has 1 atom stereocenters. The predicted molar refractivity (Wildman–Crippen MR) is 97.6 cm³/mol. The van der Waals surface area contributed by atoms with Crippen molar-refractivity contribution < 1.29 is 4.79 Å². The minimum Gasteiger partial charge on any atom is -0.344 e. The number of hydrogen-bond donors (Lipinski definition) is 2. The fourth-order valence-electron chi connectivity index (χ4n) is 3.40.